The van der Waals surface area contributed by atoms with Crippen molar-refractivity contribution in [2.45, 2.75) is 25.8 Å². The Morgan fingerprint density at radius 1 is 1.08 bits per heavy atom. The lowest BCUT2D eigenvalue weighted by Crippen LogP contribution is -2.36. The largest absolute Gasteiger partial charge is 0.497 e. The molecule has 1 N–H and O–H groups in total. The van der Waals surface area contributed by atoms with E-state index in [4.69, 9.17) is 9.47 Å². The molecule has 5 heteroatoms. The van der Waals surface area contributed by atoms with Gasteiger partial charge in [-0.1, -0.05) is 28.1 Å². The van der Waals surface area contributed by atoms with Crippen LogP contribution in [0.2, 0.25) is 0 Å². The first-order valence-electron chi connectivity index (χ1n) is 7.87. The van der Waals surface area contributed by atoms with E-state index in [2.05, 4.69) is 33.4 Å². The lowest BCUT2D eigenvalue weighted by Gasteiger charge is -2.14. The van der Waals surface area contributed by atoms with Crippen LogP contribution >= 0.6 is 15.9 Å². The Labute approximate surface area is 151 Å². The highest BCUT2D eigenvalue weighted by molar-refractivity contribution is 9.10. The fourth-order valence-electron chi connectivity index (χ4n) is 2.24. The summed E-state index contributed by atoms with van der Waals surface area (Å²) in [5.74, 6) is 1.29. The summed E-state index contributed by atoms with van der Waals surface area (Å²) in [6.07, 6.45) is 1.81. The molecule has 1 atom stereocenters. The molecule has 4 nitrogen and oxygen atoms in total. The van der Waals surface area contributed by atoms with Gasteiger partial charge in [-0.25, -0.2) is 0 Å². The number of aryl methyl sites for hydroxylation is 1. The molecule has 2 aromatic rings. The number of benzene rings is 2. The van der Waals surface area contributed by atoms with E-state index < -0.39 is 0 Å². The Kier molecular flexibility index (Phi) is 7.12. The predicted molar refractivity (Wildman–Crippen MR) is 98.6 cm³/mol. The summed E-state index contributed by atoms with van der Waals surface area (Å²) < 4.78 is 11.6. The summed E-state index contributed by atoms with van der Waals surface area (Å²) in [6.45, 7) is 2.01. The van der Waals surface area contributed by atoms with Crippen molar-refractivity contribution in [3.63, 3.8) is 0 Å². The van der Waals surface area contributed by atoms with Gasteiger partial charge in [0.25, 0.3) is 5.91 Å². The van der Waals surface area contributed by atoms with Crippen LogP contribution in [0.25, 0.3) is 0 Å². The van der Waals surface area contributed by atoms with Gasteiger partial charge in [0.2, 0.25) is 0 Å². The van der Waals surface area contributed by atoms with Gasteiger partial charge in [0.1, 0.15) is 11.5 Å². The van der Waals surface area contributed by atoms with Crippen LogP contribution in [0.15, 0.2) is 53.0 Å². The molecule has 0 aliphatic rings. The molecule has 0 aromatic heterocycles. The minimum absolute atomic E-state index is 0.00888. The van der Waals surface area contributed by atoms with Crippen LogP contribution in [0.1, 0.15) is 18.9 Å². The van der Waals surface area contributed by atoms with Gasteiger partial charge in [-0.05, 0) is 61.7 Å². The maximum Gasteiger partial charge on any atom is 0.258 e. The standard InChI is InChI=1S/C19H22BrNO3/c1-14(3-4-15-5-7-16(20)8-6-15)21-19(22)13-24-18-11-9-17(23-2)10-12-18/h5-12,14H,3-4,13H2,1-2H3,(H,21,22). The number of hydrogen-bond donors (Lipinski definition) is 1. The smallest absolute Gasteiger partial charge is 0.258 e. The molecule has 0 saturated heterocycles. The van der Waals surface area contributed by atoms with Crippen molar-refractivity contribution in [2.75, 3.05) is 13.7 Å². The fraction of sp³-hybridized carbons (Fsp3) is 0.316. The monoisotopic (exact) mass is 391 g/mol. The van der Waals surface area contributed by atoms with E-state index in [1.54, 1.807) is 31.4 Å². The molecule has 2 rings (SSSR count). The highest BCUT2D eigenvalue weighted by Crippen LogP contribution is 2.17. The number of hydrogen-bond acceptors (Lipinski definition) is 3. The minimum atomic E-state index is -0.117. The number of carbonyl (C=O) groups is 1. The zero-order valence-corrected chi connectivity index (χ0v) is 15.5. The fourth-order valence-corrected chi connectivity index (χ4v) is 2.51. The quantitative estimate of drug-likeness (QED) is 0.740. The van der Waals surface area contributed by atoms with Crippen LogP contribution < -0.4 is 14.8 Å². The average molecular weight is 392 g/mol. The number of nitrogens with one attached hydrogen (secondary N) is 1. The lowest BCUT2D eigenvalue weighted by molar-refractivity contribution is -0.123. The molecule has 0 spiro atoms. The average Bonchev–Trinajstić information content (AvgIpc) is 2.60. The van der Waals surface area contributed by atoms with E-state index in [0.717, 1.165) is 23.1 Å². The molecule has 0 aliphatic heterocycles. The summed E-state index contributed by atoms with van der Waals surface area (Å²) in [4.78, 5) is 11.9. The normalized spacial score (nSPS) is 11.6. The van der Waals surface area contributed by atoms with Crippen LogP contribution in [-0.4, -0.2) is 25.7 Å². The first-order valence-corrected chi connectivity index (χ1v) is 8.67. The highest BCUT2D eigenvalue weighted by atomic mass is 79.9. The van der Waals surface area contributed by atoms with Gasteiger partial charge in [0.15, 0.2) is 6.61 Å². The number of amides is 1. The molecule has 0 aliphatic carbocycles. The third kappa shape index (κ3) is 6.24. The van der Waals surface area contributed by atoms with Crippen molar-refractivity contribution in [2.24, 2.45) is 0 Å². The second-order valence-corrected chi connectivity index (χ2v) is 6.51. The molecule has 0 fully saturated rings. The maximum absolute atomic E-state index is 11.9. The van der Waals surface area contributed by atoms with Gasteiger partial charge < -0.3 is 14.8 Å². The van der Waals surface area contributed by atoms with Crippen molar-refractivity contribution in [3.05, 3.63) is 58.6 Å². The molecule has 128 valence electrons. The van der Waals surface area contributed by atoms with Gasteiger partial charge >= 0.3 is 0 Å². The first-order chi connectivity index (χ1) is 11.6. The third-order valence-corrected chi connectivity index (χ3v) is 4.14. The van der Waals surface area contributed by atoms with Gasteiger partial charge in [-0.15, -0.1) is 0 Å². The molecule has 0 radical (unpaired) electrons. The zero-order chi connectivity index (χ0) is 17.4. The molecule has 1 unspecified atom stereocenters. The molecule has 1 amide bonds. The van der Waals surface area contributed by atoms with Crippen LogP contribution in [-0.2, 0) is 11.2 Å². The van der Waals surface area contributed by atoms with Gasteiger partial charge in [0, 0.05) is 10.5 Å². The summed E-state index contributed by atoms with van der Waals surface area (Å²) in [5, 5.41) is 2.96. The molecule has 0 heterocycles. The van der Waals surface area contributed by atoms with E-state index in [0.29, 0.717) is 5.75 Å². The minimum Gasteiger partial charge on any atom is -0.497 e. The maximum atomic E-state index is 11.9. The van der Waals surface area contributed by atoms with Crippen molar-refractivity contribution < 1.29 is 14.3 Å². The summed E-state index contributed by atoms with van der Waals surface area (Å²) in [6, 6.07) is 15.5. The topological polar surface area (TPSA) is 47.6 Å². The zero-order valence-electron chi connectivity index (χ0n) is 13.9. The number of methoxy groups -OCH3 is 1. The Morgan fingerprint density at radius 3 is 2.33 bits per heavy atom. The van der Waals surface area contributed by atoms with Gasteiger partial charge in [-0.3, -0.25) is 4.79 Å². The molecule has 2 aromatic carbocycles. The Balaban J connectivity index is 1.69. The number of halogens is 1. The lowest BCUT2D eigenvalue weighted by atomic mass is 10.1. The molecule has 0 saturated carbocycles. The van der Waals surface area contributed by atoms with Crippen LogP contribution in [0.4, 0.5) is 0 Å². The van der Waals surface area contributed by atoms with Gasteiger partial charge in [0.05, 0.1) is 7.11 Å². The molecular formula is C19H22BrNO3. The van der Waals surface area contributed by atoms with Crippen molar-refractivity contribution >= 4 is 21.8 Å². The Hall–Kier alpha value is -2.01. The third-order valence-electron chi connectivity index (χ3n) is 3.62. The second-order valence-electron chi connectivity index (χ2n) is 5.60. The summed E-state index contributed by atoms with van der Waals surface area (Å²) in [5.41, 5.74) is 1.26. The number of ether oxygens (including phenoxy) is 2. The second kappa shape index (κ2) is 9.33. The summed E-state index contributed by atoms with van der Waals surface area (Å²) in [7, 11) is 1.61. The van der Waals surface area contributed by atoms with E-state index in [1.807, 2.05) is 19.1 Å². The molecule has 0 bridgehead atoms. The predicted octanol–water partition coefficient (Wildman–Crippen LogP) is 3.97. The molecular weight excluding hydrogens is 370 g/mol. The van der Waals surface area contributed by atoms with Crippen molar-refractivity contribution in [1.29, 1.82) is 0 Å². The van der Waals surface area contributed by atoms with E-state index in [-0.39, 0.29) is 18.6 Å². The van der Waals surface area contributed by atoms with Crippen LogP contribution in [0, 0.1) is 0 Å². The Morgan fingerprint density at radius 2 is 1.71 bits per heavy atom. The molecule has 24 heavy (non-hydrogen) atoms. The van der Waals surface area contributed by atoms with Crippen molar-refractivity contribution in [1.82, 2.24) is 5.32 Å². The van der Waals surface area contributed by atoms with E-state index in [9.17, 15) is 4.79 Å². The van der Waals surface area contributed by atoms with Gasteiger partial charge in [-0.2, -0.15) is 0 Å². The summed E-state index contributed by atoms with van der Waals surface area (Å²) >= 11 is 3.42. The highest BCUT2D eigenvalue weighted by Gasteiger charge is 2.08. The van der Waals surface area contributed by atoms with Crippen LogP contribution in [0.5, 0.6) is 11.5 Å². The van der Waals surface area contributed by atoms with E-state index >= 15 is 0 Å². The first kappa shape index (κ1) is 18.3. The van der Waals surface area contributed by atoms with Crippen molar-refractivity contribution in [3.8, 4) is 11.5 Å². The number of rotatable bonds is 8. The van der Waals surface area contributed by atoms with E-state index in [1.165, 1.54) is 5.56 Å². The Bertz CT molecular complexity index is 641. The number of carbonyl (C=O) groups excluding carboxylic acids is 1. The SMILES string of the molecule is COc1ccc(OCC(=O)NC(C)CCc2ccc(Br)cc2)cc1. The van der Waals surface area contributed by atoms with Crippen LogP contribution in [0.3, 0.4) is 0 Å².